The molecule has 0 unspecified atom stereocenters. The number of nitrogens with one attached hydrogen (secondary N) is 1. The highest BCUT2D eigenvalue weighted by molar-refractivity contribution is 7.15. The van der Waals surface area contributed by atoms with Gasteiger partial charge in [-0.1, -0.05) is 34.5 Å². The number of hydrogen-bond acceptors (Lipinski definition) is 5. The van der Waals surface area contributed by atoms with Crippen molar-refractivity contribution in [2.24, 2.45) is 0 Å². The Bertz CT molecular complexity index is 824. The first-order valence-electron chi connectivity index (χ1n) is 7.86. The summed E-state index contributed by atoms with van der Waals surface area (Å²) in [5.74, 6) is 0. The number of carbonyl (C=O) groups excluding carboxylic acids is 1. The predicted molar refractivity (Wildman–Crippen MR) is 97.4 cm³/mol. The van der Waals surface area contributed by atoms with Gasteiger partial charge in [-0.05, 0) is 23.8 Å². The lowest BCUT2D eigenvalue weighted by atomic mass is 10.2. The third-order valence-corrected chi connectivity index (χ3v) is 5.56. The number of carbonyl (C=O) groups is 1. The molecule has 2 aromatic rings. The van der Waals surface area contributed by atoms with Gasteiger partial charge < -0.3 is 15.1 Å². The van der Waals surface area contributed by atoms with Crippen LogP contribution in [0.15, 0.2) is 18.2 Å². The molecule has 0 bridgehead atoms. The van der Waals surface area contributed by atoms with Crippen LogP contribution in [0, 0.1) is 0 Å². The van der Waals surface area contributed by atoms with E-state index in [2.05, 4.69) is 15.5 Å². The van der Waals surface area contributed by atoms with Crippen molar-refractivity contribution < 1.29 is 18.0 Å². The minimum Gasteiger partial charge on any atom is -0.343 e. The molecule has 27 heavy (non-hydrogen) atoms. The number of nitrogens with zero attached hydrogens (tertiary/aromatic N) is 4. The van der Waals surface area contributed by atoms with E-state index < -0.39 is 11.2 Å². The monoisotopic (exact) mass is 439 g/mol. The molecule has 1 N–H and O–H groups in total. The van der Waals surface area contributed by atoms with Crippen molar-refractivity contribution in [1.29, 1.82) is 0 Å². The molecule has 146 valence electrons. The van der Waals surface area contributed by atoms with Crippen LogP contribution in [0.2, 0.25) is 10.0 Å². The highest BCUT2D eigenvalue weighted by Gasteiger charge is 2.36. The van der Waals surface area contributed by atoms with Gasteiger partial charge in [0.05, 0.1) is 0 Å². The van der Waals surface area contributed by atoms with E-state index in [4.69, 9.17) is 23.2 Å². The van der Waals surface area contributed by atoms with E-state index in [1.807, 2.05) is 0 Å². The first kappa shape index (κ1) is 20.0. The van der Waals surface area contributed by atoms with Crippen LogP contribution in [0.4, 0.5) is 23.1 Å². The van der Waals surface area contributed by atoms with E-state index in [0.29, 0.717) is 53.1 Å². The summed E-state index contributed by atoms with van der Waals surface area (Å²) in [6, 6.07) is 4.71. The normalized spacial score (nSPS) is 15.1. The van der Waals surface area contributed by atoms with Crippen molar-refractivity contribution in [2.45, 2.75) is 12.7 Å². The van der Waals surface area contributed by atoms with Crippen LogP contribution in [0.5, 0.6) is 0 Å². The fourth-order valence-electron chi connectivity index (χ4n) is 2.52. The molecule has 0 saturated carbocycles. The standard InChI is InChI=1S/C15H14Cl2F3N5OS/c16-10-1-2-11(17)9(7-10)8-21-13(26)24-3-5-25(6-4-24)14-23-22-12(27-14)15(18,19)20/h1-2,7H,3-6,8H2,(H,21,26). The maximum Gasteiger partial charge on any atom is 0.445 e. The SMILES string of the molecule is O=C(NCc1cc(Cl)ccc1Cl)N1CCN(c2nnc(C(F)(F)F)s2)CC1. The summed E-state index contributed by atoms with van der Waals surface area (Å²) >= 11 is 12.5. The molecule has 1 saturated heterocycles. The van der Waals surface area contributed by atoms with E-state index in [1.165, 1.54) is 0 Å². The minimum atomic E-state index is -4.50. The molecule has 3 rings (SSSR count). The smallest absolute Gasteiger partial charge is 0.343 e. The van der Waals surface area contributed by atoms with Gasteiger partial charge in [-0.3, -0.25) is 0 Å². The maximum atomic E-state index is 12.6. The van der Waals surface area contributed by atoms with Gasteiger partial charge in [-0.25, -0.2) is 4.79 Å². The third-order valence-electron chi connectivity index (χ3n) is 3.93. The van der Waals surface area contributed by atoms with Gasteiger partial charge in [0.25, 0.3) is 0 Å². The summed E-state index contributed by atoms with van der Waals surface area (Å²) in [6.45, 7) is 1.69. The third kappa shape index (κ3) is 4.94. The number of anilines is 1. The topological polar surface area (TPSA) is 61.4 Å². The van der Waals surface area contributed by atoms with Crippen molar-refractivity contribution in [1.82, 2.24) is 20.4 Å². The van der Waals surface area contributed by atoms with Gasteiger partial charge in [0.15, 0.2) is 0 Å². The summed E-state index contributed by atoms with van der Waals surface area (Å²) in [5.41, 5.74) is 0.699. The maximum absolute atomic E-state index is 12.6. The molecule has 0 spiro atoms. The molecule has 1 fully saturated rings. The molecule has 1 aliphatic rings. The molecule has 12 heteroatoms. The van der Waals surface area contributed by atoms with Crippen LogP contribution in [0.25, 0.3) is 0 Å². The number of alkyl halides is 3. The number of piperazine rings is 1. The van der Waals surface area contributed by atoms with E-state index in [9.17, 15) is 18.0 Å². The van der Waals surface area contributed by atoms with E-state index >= 15 is 0 Å². The van der Waals surface area contributed by atoms with Crippen LogP contribution in [0.1, 0.15) is 10.6 Å². The Morgan fingerprint density at radius 1 is 1.19 bits per heavy atom. The van der Waals surface area contributed by atoms with Crippen LogP contribution in [-0.2, 0) is 12.7 Å². The Balaban J connectivity index is 1.52. The van der Waals surface area contributed by atoms with Crippen molar-refractivity contribution in [2.75, 3.05) is 31.1 Å². The Hall–Kier alpha value is -1.78. The largest absolute Gasteiger partial charge is 0.445 e. The number of aromatic nitrogens is 2. The van der Waals surface area contributed by atoms with Gasteiger partial charge in [0, 0.05) is 42.8 Å². The first-order chi connectivity index (χ1) is 12.7. The second-order valence-electron chi connectivity index (χ2n) is 5.76. The molecule has 0 aliphatic carbocycles. The van der Waals surface area contributed by atoms with Gasteiger partial charge >= 0.3 is 12.2 Å². The molecule has 2 amide bonds. The fourth-order valence-corrected chi connectivity index (χ4v) is 3.66. The van der Waals surface area contributed by atoms with Crippen LogP contribution in [0.3, 0.4) is 0 Å². The Labute approximate surface area is 166 Å². The minimum absolute atomic E-state index is 0.202. The fraction of sp³-hybridized carbons (Fsp3) is 0.400. The molecule has 6 nitrogen and oxygen atoms in total. The highest BCUT2D eigenvalue weighted by atomic mass is 35.5. The van der Waals surface area contributed by atoms with Crippen molar-refractivity contribution in [3.05, 3.63) is 38.8 Å². The van der Waals surface area contributed by atoms with Gasteiger partial charge in [0.2, 0.25) is 10.1 Å². The van der Waals surface area contributed by atoms with Crippen molar-refractivity contribution in [3.8, 4) is 0 Å². The quantitative estimate of drug-likeness (QED) is 0.787. The molecule has 1 aromatic carbocycles. The molecular formula is C15H14Cl2F3N5OS. The number of hydrogen-bond donors (Lipinski definition) is 1. The van der Waals surface area contributed by atoms with Crippen LogP contribution < -0.4 is 10.2 Å². The molecule has 0 atom stereocenters. The average Bonchev–Trinajstić information content (AvgIpc) is 3.13. The van der Waals surface area contributed by atoms with Crippen LogP contribution >= 0.6 is 34.5 Å². The zero-order valence-corrected chi connectivity index (χ0v) is 16.1. The Kier molecular flexibility index (Phi) is 5.97. The molecule has 1 aliphatic heterocycles. The Morgan fingerprint density at radius 2 is 1.89 bits per heavy atom. The van der Waals surface area contributed by atoms with Crippen molar-refractivity contribution in [3.63, 3.8) is 0 Å². The van der Waals surface area contributed by atoms with E-state index in [-0.39, 0.29) is 17.7 Å². The second-order valence-corrected chi connectivity index (χ2v) is 7.56. The average molecular weight is 440 g/mol. The van der Waals surface area contributed by atoms with E-state index in [1.54, 1.807) is 28.0 Å². The summed E-state index contributed by atoms with van der Waals surface area (Å²) in [7, 11) is 0. The summed E-state index contributed by atoms with van der Waals surface area (Å²) in [6.07, 6.45) is -4.50. The zero-order chi connectivity index (χ0) is 19.6. The summed E-state index contributed by atoms with van der Waals surface area (Å²) < 4.78 is 37.9. The van der Waals surface area contributed by atoms with E-state index in [0.717, 1.165) is 0 Å². The summed E-state index contributed by atoms with van der Waals surface area (Å²) in [5, 5.41) is 9.79. The van der Waals surface area contributed by atoms with Gasteiger partial charge in [-0.15, -0.1) is 10.2 Å². The van der Waals surface area contributed by atoms with Crippen molar-refractivity contribution >= 4 is 45.7 Å². The Morgan fingerprint density at radius 3 is 2.52 bits per heavy atom. The lowest BCUT2D eigenvalue weighted by Crippen LogP contribution is -2.51. The lowest BCUT2D eigenvalue weighted by Gasteiger charge is -2.34. The first-order valence-corrected chi connectivity index (χ1v) is 9.43. The predicted octanol–water partition coefficient (Wildman–Crippen LogP) is 3.90. The lowest BCUT2D eigenvalue weighted by molar-refractivity contribution is -0.138. The number of benzene rings is 1. The molecule has 0 radical (unpaired) electrons. The zero-order valence-electron chi connectivity index (χ0n) is 13.8. The molecule has 1 aromatic heterocycles. The number of halogens is 5. The number of amides is 2. The molecular weight excluding hydrogens is 426 g/mol. The van der Waals surface area contributed by atoms with Gasteiger partial charge in [-0.2, -0.15) is 13.2 Å². The van der Waals surface area contributed by atoms with Crippen LogP contribution in [-0.4, -0.2) is 47.3 Å². The number of rotatable bonds is 3. The van der Waals surface area contributed by atoms with Gasteiger partial charge in [0.1, 0.15) is 0 Å². The molecule has 2 heterocycles. The highest BCUT2D eigenvalue weighted by Crippen LogP contribution is 2.34. The second kappa shape index (κ2) is 8.07. The number of urea groups is 1. The summed E-state index contributed by atoms with van der Waals surface area (Å²) in [4.78, 5) is 15.6.